The lowest BCUT2D eigenvalue weighted by Crippen LogP contribution is -1.91. The minimum atomic E-state index is 1.05. The maximum absolute atomic E-state index is 4.23. The number of fused-ring (bicyclic) bond motifs is 1. The molecule has 0 amide bonds. The van der Waals surface area contributed by atoms with Gasteiger partial charge < -0.3 is 4.98 Å². The molecule has 2 heterocycles. The third-order valence-corrected chi connectivity index (χ3v) is 2.62. The zero-order valence-electron chi connectivity index (χ0n) is 5.39. The van der Waals surface area contributed by atoms with E-state index in [2.05, 4.69) is 32.6 Å². The van der Waals surface area contributed by atoms with Crippen LogP contribution in [-0.2, 0) is 6.42 Å². The lowest BCUT2D eigenvalue weighted by molar-refractivity contribution is 1.02. The Morgan fingerprint density at radius 2 is 2.50 bits per heavy atom. The van der Waals surface area contributed by atoms with Crippen molar-refractivity contribution in [2.75, 3.05) is 0 Å². The van der Waals surface area contributed by atoms with Crippen LogP contribution in [-0.4, -0.2) is 11.2 Å². The highest BCUT2D eigenvalue weighted by molar-refractivity contribution is 14.1. The first-order valence-corrected chi connectivity index (χ1v) is 4.34. The molecule has 1 aromatic rings. The van der Waals surface area contributed by atoms with Gasteiger partial charge in [0.1, 0.15) is 5.82 Å². The lowest BCUT2D eigenvalue weighted by Gasteiger charge is -2.02. The molecule has 0 fully saturated rings. The number of hydrogen-bond donors (Lipinski definition) is 1. The number of H-pyrrole nitrogens is 1. The van der Waals surface area contributed by atoms with Gasteiger partial charge in [0.25, 0.3) is 0 Å². The third kappa shape index (κ3) is 0.885. The van der Waals surface area contributed by atoms with Gasteiger partial charge in [-0.1, -0.05) is 0 Å². The Morgan fingerprint density at radius 3 is 3.30 bits per heavy atom. The van der Waals surface area contributed by atoms with Gasteiger partial charge in [-0.25, -0.2) is 4.99 Å². The highest BCUT2D eigenvalue weighted by atomic mass is 127. The molecule has 0 aliphatic carbocycles. The lowest BCUT2D eigenvalue weighted by atomic mass is 10.1. The Labute approximate surface area is 72.9 Å². The van der Waals surface area contributed by atoms with E-state index in [0.717, 1.165) is 18.7 Å². The topological polar surface area (TPSA) is 28.1 Å². The minimum Gasteiger partial charge on any atom is -0.345 e. The number of rotatable bonds is 0. The molecule has 52 valence electrons. The molecule has 0 atom stereocenters. The summed E-state index contributed by atoms with van der Waals surface area (Å²) in [5.41, 5.74) is 1.38. The predicted molar refractivity (Wildman–Crippen MR) is 50.0 cm³/mol. The van der Waals surface area contributed by atoms with Crippen LogP contribution in [0.5, 0.6) is 0 Å². The second-order valence-corrected chi connectivity index (χ2v) is 3.48. The van der Waals surface area contributed by atoms with Crippen molar-refractivity contribution < 1.29 is 0 Å². The van der Waals surface area contributed by atoms with Crippen LogP contribution >= 0.6 is 22.6 Å². The van der Waals surface area contributed by atoms with Crippen LogP contribution < -0.4 is 0 Å². The van der Waals surface area contributed by atoms with Crippen molar-refractivity contribution in [2.24, 2.45) is 4.99 Å². The summed E-state index contributed by atoms with van der Waals surface area (Å²) in [5.74, 6) is 1.05. The highest BCUT2D eigenvalue weighted by Crippen LogP contribution is 2.26. The van der Waals surface area contributed by atoms with Crippen LogP contribution in [0.1, 0.15) is 12.0 Å². The first kappa shape index (κ1) is 6.39. The number of aromatic amines is 1. The molecule has 0 aromatic carbocycles. The van der Waals surface area contributed by atoms with E-state index in [1.165, 1.54) is 9.13 Å². The second-order valence-electron chi connectivity index (χ2n) is 2.31. The van der Waals surface area contributed by atoms with Crippen molar-refractivity contribution in [3.63, 3.8) is 0 Å². The maximum atomic E-state index is 4.23. The molecular formula is C7H7IN2. The molecule has 0 unspecified atom stereocenters. The summed E-state index contributed by atoms with van der Waals surface area (Å²) in [5, 5.41) is 0. The van der Waals surface area contributed by atoms with Crippen LogP contribution in [0.25, 0.3) is 0 Å². The molecule has 2 nitrogen and oxygen atoms in total. The van der Waals surface area contributed by atoms with Crippen LogP contribution in [0.15, 0.2) is 11.2 Å². The molecule has 10 heavy (non-hydrogen) atoms. The second kappa shape index (κ2) is 2.38. The molecule has 0 saturated heterocycles. The molecule has 2 rings (SSSR count). The van der Waals surface area contributed by atoms with Gasteiger partial charge in [0.2, 0.25) is 0 Å². The van der Waals surface area contributed by atoms with Crippen LogP contribution in [0.2, 0.25) is 0 Å². The van der Waals surface area contributed by atoms with Crippen LogP contribution in [0, 0.1) is 3.57 Å². The average molecular weight is 246 g/mol. The van der Waals surface area contributed by atoms with Gasteiger partial charge in [-0.2, -0.15) is 0 Å². The maximum Gasteiger partial charge on any atom is 0.133 e. The van der Waals surface area contributed by atoms with Crippen molar-refractivity contribution in [3.05, 3.63) is 15.3 Å². The predicted octanol–water partition coefficient (Wildman–Crippen LogP) is 2.27. The van der Waals surface area contributed by atoms with Gasteiger partial charge in [-0.15, -0.1) is 0 Å². The Kier molecular flexibility index (Phi) is 1.52. The Balaban J connectivity index is 2.57. The van der Waals surface area contributed by atoms with Crippen molar-refractivity contribution in [1.82, 2.24) is 4.98 Å². The molecule has 0 bridgehead atoms. The van der Waals surface area contributed by atoms with E-state index in [0.29, 0.717) is 0 Å². The molecule has 1 aliphatic rings. The number of halogens is 1. The number of nitrogens with zero attached hydrogens (tertiary/aromatic N) is 1. The van der Waals surface area contributed by atoms with Crippen LogP contribution in [0.3, 0.4) is 0 Å². The fraction of sp³-hybridized carbons (Fsp3) is 0.286. The van der Waals surface area contributed by atoms with E-state index in [9.17, 15) is 0 Å². The molecule has 1 aliphatic heterocycles. The van der Waals surface area contributed by atoms with Gasteiger partial charge in [-0.3, -0.25) is 0 Å². The Hall–Kier alpha value is -0.320. The normalized spacial score (nSPS) is 15.3. The standard InChI is InChI=1S/C7H7IN2/c8-6-4-10-7-5(6)2-1-3-9-7/h3-4,10H,1-2H2. The fourth-order valence-electron chi connectivity index (χ4n) is 1.14. The van der Waals surface area contributed by atoms with Crippen molar-refractivity contribution in [2.45, 2.75) is 12.8 Å². The van der Waals surface area contributed by atoms with Gasteiger partial charge in [0.15, 0.2) is 0 Å². The zero-order valence-corrected chi connectivity index (χ0v) is 7.55. The van der Waals surface area contributed by atoms with E-state index in [1.807, 2.05) is 12.4 Å². The van der Waals surface area contributed by atoms with E-state index in [4.69, 9.17) is 0 Å². The zero-order chi connectivity index (χ0) is 6.97. The molecular weight excluding hydrogens is 239 g/mol. The summed E-state index contributed by atoms with van der Waals surface area (Å²) in [6, 6.07) is 0. The molecule has 3 heteroatoms. The molecule has 0 saturated carbocycles. The smallest absolute Gasteiger partial charge is 0.133 e. The van der Waals surface area contributed by atoms with E-state index >= 15 is 0 Å². The Morgan fingerprint density at radius 1 is 1.60 bits per heavy atom. The van der Waals surface area contributed by atoms with E-state index < -0.39 is 0 Å². The molecule has 1 N–H and O–H groups in total. The summed E-state index contributed by atoms with van der Waals surface area (Å²) in [6.45, 7) is 0. The summed E-state index contributed by atoms with van der Waals surface area (Å²) in [7, 11) is 0. The summed E-state index contributed by atoms with van der Waals surface area (Å²) >= 11 is 2.33. The number of aromatic nitrogens is 1. The number of nitrogens with one attached hydrogen (secondary N) is 1. The summed E-state index contributed by atoms with van der Waals surface area (Å²) in [6.07, 6.45) is 6.20. The monoisotopic (exact) mass is 246 g/mol. The van der Waals surface area contributed by atoms with Crippen molar-refractivity contribution >= 4 is 34.6 Å². The van der Waals surface area contributed by atoms with Gasteiger partial charge in [0, 0.05) is 21.5 Å². The third-order valence-electron chi connectivity index (χ3n) is 1.65. The Bertz CT molecular complexity index is 275. The quantitative estimate of drug-likeness (QED) is 0.680. The SMILES string of the molecule is Ic1c[nH]c2c1CCC=N2. The van der Waals surface area contributed by atoms with Gasteiger partial charge in [0.05, 0.1) is 0 Å². The largest absolute Gasteiger partial charge is 0.345 e. The first-order valence-electron chi connectivity index (χ1n) is 3.26. The minimum absolute atomic E-state index is 1.05. The first-order chi connectivity index (χ1) is 4.88. The van der Waals surface area contributed by atoms with Gasteiger partial charge in [-0.05, 0) is 35.4 Å². The van der Waals surface area contributed by atoms with Gasteiger partial charge >= 0.3 is 0 Å². The number of hydrogen-bond acceptors (Lipinski definition) is 1. The van der Waals surface area contributed by atoms with Crippen molar-refractivity contribution in [3.8, 4) is 0 Å². The number of aliphatic imine (C=N–C) groups is 1. The summed E-state index contributed by atoms with van der Waals surface area (Å²) < 4.78 is 1.31. The van der Waals surface area contributed by atoms with E-state index in [-0.39, 0.29) is 0 Å². The van der Waals surface area contributed by atoms with Crippen LogP contribution in [0.4, 0.5) is 5.82 Å². The molecule has 0 radical (unpaired) electrons. The molecule has 0 spiro atoms. The van der Waals surface area contributed by atoms with E-state index in [1.54, 1.807) is 0 Å². The summed E-state index contributed by atoms with van der Waals surface area (Å²) in [4.78, 5) is 7.35. The molecule has 1 aromatic heterocycles. The average Bonchev–Trinajstić information content (AvgIpc) is 2.34. The fourth-order valence-corrected chi connectivity index (χ4v) is 1.82. The van der Waals surface area contributed by atoms with Crippen molar-refractivity contribution in [1.29, 1.82) is 0 Å². The highest BCUT2D eigenvalue weighted by Gasteiger charge is 2.09.